The molecule has 1 aliphatic heterocycles. The minimum atomic E-state index is -2.51. The average Bonchev–Trinajstić information content (AvgIpc) is 2.75. The molecule has 1 nitrogen and oxygen atoms in total. The second-order valence-electron chi connectivity index (χ2n) is 3.87. The van der Waals surface area contributed by atoms with Gasteiger partial charge in [-0.05, 0) is 24.6 Å². The predicted molar refractivity (Wildman–Crippen MR) is 75.7 cm³/mol. The van der Waals surface area contributed by atoms with Crippen LogP contribution in [0, 0.1) is 6.92 Å². The highest BCUT2D eigenvalue weighted by atomic mass is 19.3. The predicted octanol–water partition coefficient (Wildman–Crippen LogP) is 4.89. The number of rotatable bonds is 1. The lowest BCUT2D eigenvalue weighted by molar-refractivity contribution is 0.0257. The van der Waals surface area contributed by atoms with E-state index in [4.69, 9.17) is 0 Å². The second kappa shape index (κ2) is 8.06. The van der Waals surface area contributed by atoms with Gasteiger partial charge in [0.15, 0.2) is 0 Å². The van der Waals surface area contributed by atoms with Crippen LogP contribution >= 0.6 is 0 Å². The van der Waals surface area contributed by atoms with Crippen molar-refractivity contribution in [2.75, 3.05) is 18.0 Å². The number of hydrogen-bond donors (Lipinski definition) is 0. The smallest absolute Gasteiger partial charge is 0.266 e. The molecule has 1 fully saturated rings. The topological polar surface area (TPSA) is 3.24 Å². The molecule has 0 aromatic heterocycles. The van der Waals surface area contributed by atoms with E-state index in [1.165, 1.54) is 0 Å². The number of benzene rings is 1. The molecule has 18 heavy (non-hydrogen) atoms. The highest BCUT2D eigenvalue weighted by molar-refractivity contribution is 5.49. The van der Waals surface area contributed by atoms with Gasteiger partial charge in [-0.25, -0.2) is 8.78 Å². The molecule has 2 rings (SSSR count). The highest BCUT2D eigenvalue weighted by Gasteiger charge is 2.38. The first kappa shape index (κ1) is 16.9. The third-order valence-corrected chi connectivity index (χ3v) is 2.54. The normalized spacial score (nSPS) is 16.3. The van der Waals surface area contributed by atoms with Crippen LogP contribution in [0.25, 0.3) is 0 Å². The Morgan fingerprint density at radius 2 is 1.72 bits per heavy atom. The van der Waals surface area contributed by atoms with Crippen molar-refractivity contribution in [1.82, 2.24) is 0 Å². The molecule has 0 bridgehead atoms. The summed E-state index contributed by atoms with van der Waals surface area (Å²) < 4.78 is 25.9. The van der Waals surface area contributed by atoms with Gasteiger partial charge in [0.2, 0.25) is 0 Å². The van der Waals surface area contributed by atoms with Crippen molar-refractivity contribution in [1.29, 1.82) is 0 Å². The number of nitrogens with zero attached hydrogens (tertiary/aromatic N) is 1. The first-order chi connectivity index (χ1) is 8.57. The minimum Gasteiger partial charge on any atom is -0.365 e. The maximum Gasteiger partial charge on any atom is 0.266 e. The van der Waals surface area contributed by atoms with Gasteiger partial charge in [-0.15, -0.1) is 0 Å². The molecule has 0 spiro atoms. The fraction of sp³-hybridized carbons (Fsp3) is 0.600. The maximum absolute atomic E-state index is 12.9. The number of hydrogen-bond acceptors (Lipinski definition) is 1. The molecule has 1 heterocycles. The molecular formula is C15H25F2N. The van der Waals surface area contributed by atoms with Crippen molar-refractivity contribution >= 4 is 5.69 Å². The van der Waals surface area contributed by atoms with Crippen LogP contribution in [0.2, 0.25) is 0 Å². The molecule has 3 heteroatoms. The van der Waals surface area contributed by atoms with Crippen molar-refractivity contribution in [3.63, 3.8) is 0 Å². The van der Waals surface area contributed by atoms with E-state index in [0.717, 1.165) is 11.3 Å². The van der Waals surface area contributed by atoms with Crippen molar-refractivity contribution in [3.05, 3.63) is 29.8 Å². The van der Waals surface area contributed by atoms with Crippen molar-refractivity contribution < 1.29 is 8.78 Å². The van der Waals surface area contributed by atoms with E-state index in [2.05, 4.69) is 0 Å². The van der Waals surface area contributed by atoms with Crippen LogP contribution in [-0.4, -0.2) is 19.0 Å². The summed E-state index contributed by atoms with van der Waals surface area (Å²) in [6.07, 6.45) is -0.0268. The lowest BCUT2D eigenvalue weighted by Gasteiger charge is -2.18. The van der Waals surface area contributed by atoms with Crippen LogP contribution in [-0.2, 0) is 0 Å². The Kier molecular flexibility index (Phi) is 7.56. The Labute approximate surface area is 110 Å². The lowest BCUT2D eigenvalue weighted by Crippen LogP contribution is -2.24. The van der Waals surface area contributed by atoms with Crippen LogP contribution in [0.4, 0.5) is 14.5 Å². The van der Waals surface area contributed by atoms with Crippen LogP contribution in [0.5, 0.6) is 0 Å². The van der Waals surface area contributed by atoms with Gasteiger partial charge in [0.1, 0.15) is 0 Å². The van der Waals surface area contributed by atoms with Gasteiger partial charge in [-0.3, -0.25) is 0 Å². The maximum atomic E-state index is 12.9. The summed E-state index contributed by atoms with van der Waals surface area (Å²) in [6.45, 7) is 10.3. The monoisotopic (exact) mass is 257 g/mol. The van der Waals surface area contributed by atoms with E-state index in [-0.39, 0.29) is 13.0 Å². The van der Waals surface area contributed by atoms with Crippen LogP contribution in [0.1, 0.15) is 39.7 Å². The standard InChI is InChI=1S/C11H13F2N.2C2H6/c1-9-3-2-4-10(7-9)14-6-5-11(12,13)8-14;2*1-2/h2-4,7H,5-6,8H2,1H3;2*1-2H3. The Balaban J connectivity index is 0.000000659. The van der Waals surface area contributed by atoms with Gasteiger partial charge in [0.25, 0.3) is 5.92 Å². The van der Waals surface area contributed by atoms with Gasteiger partial charge in [0, 0.05) is 18.7 Å². The third kappa shape index (κ3) is 5.03. The number of aryl methyl sites for hydroxylation is 1. The molecule has 0 radical (unpaired) electrons. The summed E-state index contributed by atoms with van der Waals surface area (Å²) >= 11 is 0. The molecular weight excluding hydrogens is 232 g/mol. The third-order valence-electron chi connectivity index (χ3n) is 2.54. The van der Waals surface area contributed by atoms with Crippen molar-refractivity contribution in [2.24, 2.45) is 0 Å². The molecule has 1 saturated heterocycles. The summed E-state index contributed by atoms with van der Waals surface area (Å²) in [4.78, 5) is 1.74. The van der Waals surface area contributed by atoms with Gasteiger partial charge in [-0.1, -0.05) is 39.8 Å². The molecule has 0 atom stereocenters. The highest BCUT2D eigenvalue weighted by Crippen LogP contribution is 2.30. The van der Waals surface area contributed by atoms with Crippen molar-refractivity contribution in [3.8, 4) is 0 Å². The summed E-state index contributed by atoms with van der Waals surface area (Å²) in [6, 6.07) is 7.70. The Morgan fingerprint density at radius 1 is 1.11 bits per heavy atom. The largest absolute Gasteiger partial charge is 0.365 e. The summed E-state index contributed by atoms with van der Waals surface area (Å²) in [5.41, 5.74) is 2.01. The molecule has 0 saturated carbocycles. The molecule has 1 aliphatic rings. The van der Waals surface area contributed by atoms with Crippen molar-refractivity contribution in [2.45, 2.75) is 47.0 Å². The second-order valence-corrected chi connectivity index (χ2v) is 3.87. The molecule has 0 amide bonds. The number of halogens is 2. The molecule has 0 aliphatic carbocycles. The Hall–Kier alpha value is -1.12. The van der Waals surface area contributed by atoms with E-state index >= 15 is 0 Å². The van der Waals surface area contributed by atoms with E-state index in [1.54, 1.807) is 4.90 Å². The zero-order valence-corrected chi connectivity index (χ0v) is 12.1. The van der Waals surface area contributed by atoms with Crippen LogP contribution in [0.3, 0.4) is 0 Å². The van der Waals surface area contributed by atoms with Gasteiger partial charge in [0.05, 0.1) is 6.54 Å². The Bertz CT molecular complexity index is 337. The Morgan fingerprint density at radius 3 is 2.17 bits per heavy atom. The zero-order chi connectivity index (χ0) is 14.2. The van der Waals surface area contributed by atoms with Gasteiger partial charge >= 0.3 is 0 Å². The molecule has 104 valence electrons. The van der Waals surface area contributed by atoms with Crippen LogP contribution in [0.15, 0.2) is 24.3 Å². The SMILES string of the molecule is CC.CC.Cc1cccc(N2CCC(F)(F)C2)c1. The van der Waals surface area contributed by atoms with Gasteiger partial charge < -0.3 is 4.90 Å². The lowest BCUT2D eigenvalue weighted by atomic mass is 10.2. The summed E-state index contributed by atoms with van der Waals surface area (Å²) in [7, 11) is 0. The summed E-state index contributed by atoms with van der Waals surface area (Å²) in [5, 5.41) is 0. The molecule has 1 aromatic carbocycles. The minimum absolute atomic E-state index is 0.0268. The van der Waals surface area contributed by atoms with E-state index in [1.807, 2.05) is 58.9 Å². The van der Waals surface area contributed by atoms with E-state index in [9.17, 15) is 8.78 Å². The summed E-state index contributed by atoms with van der Waals surface area (Å²) in [5.74, 6) is -2.51. The average molecular weight is 257 g/mol. The quantitative estimate of drug-likeness (QED) is 0.692. The fourth-order valence-electron chi connectivity index (χ4n) is 1.78. The first-order valence-corrected chi connectivity index (χ1v) is 6.76. The molecule has 0 N–H and O–H groups in total. The first-order valence-electron chi connectivity index (χ1n) is 6.76. The van der Waals surface area contributed by atoms with E-state index in [0.29, 0.717) is 6.54 Å². The fourth-order valence-corrected chi connectivity index (χ4v) is 1.78. The number of anilines is 1. The molecule has 0 unspecified atom stereocenters. The molecule has 1 aromatic rings. The van der Waals surface area contributed by atoms with Crippen LogP contribution < -0.4 is 4.90 Å². The zero-order valence-electron chi connectivity index (χ0n) is 12.1. The van der Waals surface area contributed by atoms with E-state index < -0.39 is 5.92 Å². The number of alkyl halides is 2. The van der Waals surface area contributed by atoms with Gasteiger partial charge in [-0.2, -0.15) is 0 Å².